The number of halogens is 2. The summed E-state index contributed by atoms with van der Waals surface area (Å²) >= 11 is 0. The molecule has 0 saturated heterocycles. The van der Waals surface area contributed by atoms with Gasteiger partial charge in [-0.15, -0.1) is 0 Å². The molecular weight excluding hydrogens is 374 g/mol. The summed E-state index contributed by atoms with van der Waals surface area (Å²) in [5, 5.41) is 18.3. The Bertz CT molecular complexity index is 1010. The standard InChI is InChI=1S/C22H22F2N4O/c1-12(2)15(7-8-25)21(27)16-6-4-5-14(9-13(16)3)28-22(29)17-10-20(26)19(24)11-18(17)23/h4-12,25,27H,3,26H2,1-2H3,(H,28,29). The van der Waals surface area contributed by atoms with Crippen molar-refractivity contribution in [3.63, 3.8) is 0 Å². The highest BCUT2D eigenvalue weighted by atomic mass is 19.1. The van der Waals surface area contributed by atoms with Gasteiger partial charge in [-0.2, -0.15) is 0 Å². The van der Waals surface area contributed by atoms with Gasteiger partial charge >= 0.3 is 0 Å². The number of allylic oxidation sites excluding steroid dienone is 8. The van der Waals surface area contributed by atoms with Crippen LogP contribution in [-0.2, 0) is 0 Å². The normalized spacial score (nSPS) is 14.2. The highest BCUT2D eigenvalue weighted by Crippen LogP contribution is 2.24. The number of nitrogen functional groups attached to an aromatic ring is 1. The van der Waals surface area contributed by atoms with E-state index < -0.39 is 17.5 Å². The van der Waals surface area contributed by atoms with E-state index in [1.54, 1.807) is 30.4 Å². The van der Waals surface area contributed by atoms with E-state index in [1.807, 2.05) is 13.8 Å². The van der Waals surface area contributed by atoms with E-state index in [0.29, 0.717) is 28.5 Å². The third-order valence-electron chi connectivity index (χ3n) is 4.25. The number of carbonyl (C=O) groups excluding carboxylic acids is 1. The molecule has 1 aromatic rings. The fourth-order valence-corrected chi connectivity index (χ4v) is 2.74. The number of amides is 1. The molecule has 0 radical (unpaired) electrons. The molecule has 7 heteroatoms. The first kappa shape index (κ1) is 21.7. The van der Waals surface area contributed by atoms with Crippen molar-refractivity contribution in [1.29, 1.82) is 10.8 Å². The maximum absolute atomic E-state index is 13.9. The van der Waals surface area contributed by atoms with Crippen LogP contribution in [0, 0.1) is 28.4 Å². The van der Waals surface area contributed by atoms with Crippen molar-refractivity contribution in [2.75, 3.05) is 5.73 Å². The lowest BCUT2D eigenvalue weighted by Crippen LogP contribution is -2.23. The van der Waals surface area contributed by atoms with Gasteiger partial charge in [0, 0.05) is 23.6 Å². The molecule has 29 heavy (non-hydrogen) atoms. The summed E-state index contributed by atoms with van der Waals surface area (Å²) in [6, 6.07) is 1.50. The summed E-state index contributed by atoms with van der Waals surface area (Å²) in [4.78, 5) is 12.4. The fraction of sp³-hybridized carbons (Fsp3) is 0.136. The predicted molar refractivity (Wildman–Crippen MR) is 112 cm³/mol. The second kappa shape index (κ2) is 9.05. The molecule has 0 atom stereocenters. The molecule has 150 valence electrons. The molecule has 0 unspecified atom stereocenters. The number of nitrogens with one attached hydrogen (secondary N) is 3. The van der Waals surface area contributed by atoms with Crippen LogP contribution in [0.25, 0.3) is 0 Å². The van der Waals surface area contributed by atoms with Crippen LogP contribution in [-0.4, -0.2) is 17.8 Å². The SMILES string of the molecule is C=C1C=C(NC(=O)c2cc(N)c(F)cc2F)C=CC=C1C(=N)C(=CC=N)C(C)C. The number of carbonyl (C=O) groups is 1. The van der Waals surface area contributed by atoms with E-state index in [-0.39, 0.29) is 22.9 Å². The highest BCUT2D eigenvalue weighted by Gasteiger charge is 2.18. The van der Waals surface area contributed by atoms with Gasteiger partial charge in [-0.1, -0.05) is 32.6 Å². The molecule has 5 nitrogen and oxygen atoms in total. The number of hydrogen-bond donors (Lipinski definition) is 4. The first-order valence-corrected chi connectivity index (χ1v) is 8.80. The molecule has 0 fully saturated rings. The topological polar surface area (TPSA) is 103 Å². The van der Waals surface area contributed by atoms with Crippen LogP contribution in [0.15, 0.2) is 71.5 Å². The average Bonchev–Trinajstić information content (AvgIpc) is 2.82. The molecule has 0 saturated carbocycles. The average molecular weight is 396 g/mol. The largest absolute Gasteiger partial charge is 0.396 e. The van der Waals surface area contributed by atoms with E-state index in [1.165, 1.54) is 0 Å². The van der Waals surface area contributed by atoms with Gasteiger partial charge in [0.25, 0.3) is 5.91 Å². The molecule has 1 amide bonds. The van der Waals surface area contributed by atoms with Gasteiger partial charge in [0.2, 0.25) is 0 Å². The first-order valence-electron chi connectivity index (χ1n) is 8.80. The van der Waals surface area contributed by atoms with Gasteiger partial charge in [-0.05, 0) is 41.4 Å². The summed E-state index contributed by atoms with van der Waals surface area (Å²) in [6.45, 7) is 7.79. The van der Waals surface area contributed by atoms with Gasteiger partial charge in [-0.3, -0.25) is 10.2 Å². The molecule has 0 aliphatic heterocycles. The Labute approximate surface area is 168 Å². The molecule has 5 N–H and O–H groups in total. The zero-order valence-corrected chi connectivity index (χ0v) is 16.1. The lowest BCUT2D eigenvalue weighted by Gasteiger charge is -2.15. The molecule has 0 bridgehead atoms. The molecule has 0 spiro atoms. The number of rotatable bonds is 6. The lowest BCUT2D eigenvalue weighted by atomic mass is 9.90. The summed E-state index contributed by atoms with van der Waals surface area (Å²) in [5.41, 5.74) is 6.92. The van der Waals surface area contributed by atoms with E-state index >= 15 is 0 Å². The second-order valence-electron chi connectivity index (χ2n) is 6.69. The smallest absolute Gasteiger partial charge is 0.258 e. The first-order chi connectivity index (χ1) is 13.6. The van der Waals surface area contributed by atoms with Crippen molar-refractivity contribution in [2.45, 2.75) is 13.8 Å². The minimum Gasteiger partial charge on any atom is -0.396 e. The van der Waals surface area contributed by atoms with Crippen LogP contribution in [0.3, 0.4) is 0 Å². The molecule has 1 aromatic carbocycles. The molecule has 1 aliphatic rings. The monoisotopic (exact) mass is 396 g/mol. The van der Waals surface area contributed by atoms with E-state index in [2.05, 4.69) is 11.9 Å². The minimum absolute atomic E-state index is 0.0279. The number of nitrogens with two attached hydrogens (primary N) is 1. The fourth-order valence-electron chi connectivity index (χ4n) is 2.74. The van der Waals surface area contributed by atoms with Crippen molar-refractivity contribution < 1.29 is 13.6 Å². The number of anilines is 1. The van der Waals surface area contributed by atoms with Gasteiger partial charge in [0.15, 0.2) is 0 Å². The molecule has 0 heterocycles. The van der Waals surface area contributed by atoms with E-state index in [0.717, 1.165) is 12.3 Å². The van der Waals surface area contributed by atoms with Crippen LogP contribution in [0.1, 0.15) is 24.2 Å². The van der Waals surface area contributed by atoms with Crippen molar-refractivity contribution >= 4 is 23.5 Å². The highest BCUT2D eigenvalue weighted by molar-refractivity contribution is 6.15. The Morgan fingerprint density at radius 3 is 2.59 bits per heavy atom. The molecule has 0 aromatic heterocycles. The lowest BCUT2D eigenvalue weighted by molar-refractivity contribution is 0.0963. The van der Waals surface area contributed by atoms with Gasteiger partial charge in [0.05, 0.1) is 17.0 Å². The predicted octanol–water partition coefficient (Wildman–Crippen LogP) is 4.46. The summed E-state index contributed by atoms with van der Waals surface area (Å²) in [6.07, 6.45) is 9.12. The Morgan fingerprint density at radius 2 is 1.97 bits per heavy atom. The molecule has 1 aliphatic carbocycles. The maximum atomic E-state index is 13.9. The van der Waals surface area contributed by atoms with E-state index in [9.17, 15) is 13.6 Å². The van der Waals surface area contributed by atoms with Gasteiger partial charge in [-0.25, -0.2) is 8.78 Å². The Balaban J connectivity index is 2.26. The van der Waals surface area contributed by atoms with Crippen molar-refractivity contribution in [1.82, 2.24) is 5.32 Å². The van der Waals surface area contributed by atoms with Gasteiger partial charge in [0.1, 0.15) is 11.6 Å². The second-order valence-corrected chi connectivity index (χ2v) is 6.69. The summed E-state index contributed by atoms with van der Waals surface area (Å²) in [7, 11) is 0. The van der Waals surface area contributed by atoms with Crippen molar-refractivity contribution in [3.05, 3.63) is 88.7 Å². The zero-order valence-electron chi connectivity index (χ0n) is 16.1. The van der Waals surface area contributed by atoms with Crippen LogP contribution in [0.4, 0.5) is 14.5 Å². The molecular formula is C22H22F2N4O. The van der Waals surface area contributed by atoms with Crippen molar-refractivity contribution in [3.8, 4) is 0 Å². The van der Waals surface area contributed by atoms with E-state index in [4.69, 9.17) is 16.6 Å². The Hall–Kier alpha value is -3.61. The third kappa shape index (κ3) is 5.01. The third-order valence-corrected chi connectivity index (χ3v) is 4.25. The van der Waals surface area contributed by atoms with Crippen LogP contribution in [0.5, 0.6) is 0 Å². The molecule has 2 rings (SSSR count). The van der Waals surface area contributed by atoms with Gasteiger partial charge < -0.3 is 16.5 Å². The maximum Gasteiger partial charge on any atom is 0.258 e. The van der Waals surface area contributed by atoms with Crippen molar-refractivity contribution in [2.24, 2.45) is 5.92 Å². The van der Waals surface area contributed by atoms with Crippen LogP contribution in [0.2, 0.25) is 0 Å². The summed E-state index contributed by atoms with van der Waals surface area (Å²) < 4.78 is 27.2. The Morgan fingerprint density at radius 1 is 1.28 bits per heavy atom. The number of benzene rings is 1. The quantitative estimate of drug-likeness (QED) is 0.421. The number of hydrogen-bond acceptors (Lipinski definition) is 4. The Kier molecular flexibility index (Phi) is 6.77. The minimum atomic E-state index is -1.02. The van der Waals surface area contributed by atoms with Crippen LogP contribution >= 0.6 is 0 Å². The zero-order chi connectivity index (χ0) is 21.7. The summed E-state index contributed by atoms with van der Waals surface area (Å²) in [5.74, 6) is -2.72. The van der Waals surface area contributed by atoms with Crippen LogP contribution < -0.4 is 11.1 Å².